The highest BCUT2D eigenvalue weighted by atomic mass is 35.5. The van der Waals surface area contributed by atoms with Crippen LogP contribution in [-0.2, 0) is 5.88 Å². The smallest absolute Gasteiger partial charge is 0.161 e. The van der Waals surface area contributed by atoms with Gasteiger partial charge in [-0.05, 0) is 6.92 Å². The second-order valence-corrected chi connectivity index (χ2v) is 3.79. The van der Waals surface area contributed by atoms with Crippen molar-refractivity contribution in [1.29, 1.82) is 0 Å². The van der Waals surface area contributed by atoms with Gasteiger partial charge in [-0.15, -0.1) is 11.6 Å². The largest absolute Gasteiger partial charge is 0.235 e. The van der Waals surface area contributed by atoms with Crippen LogP contribution in [0.25, 0.3) is 5.69 Å². The Bertz CT molecular complexity index is 566. The van der Waals surface area contributed by atoms with Crippen molar-refractivity contribution in [3.05, 3.63) is 47.0 Å². The van der Waals surface area contributed by atoms with E-state index in [9.17, 15) is 13.2 Å². The molecule has 0 amide bonds. The van der Waals surface area contributed by atoms with Gasteiger partial charge in [0.05, 0.1) is 12.1 Å². The molecule has 0 fully saturated rings. The molecule has 0 aliphatic heterocycles. The number of aromatic nitrogens is 2. The molecule has 1 aromatic heterocycles. The predicted octanol–water partition coefficient (Wildman–Crippen LogP) is 3.34. The van der Waals surface area contributed by atoms with Crippen LogP contribution in [0.15, 0.2) is 18.3 Å². The minimum absolute atomic E-state index is 0.141. The zero-order valence-electron chi connectivity index (χ0n) is 8.85. The second kappa shape index (κ2) is 4.41. The summed E-state index contributed by atoms with van der Waals surface area (Å²) in [6.07, 6.45) is 1.46. The molecule has 0 N–H and O–H groups in total. The van der Waals surface area contributed by atoms with Crippen molar-refractivity contribution < 1.29 is 13.2 Å². The maximum Gasteiger partial charge on any atom is 0.161 e. The third-order valence-electron chi connectivity index (χ3n) is 2.47. The van der Waals surface area contributed by atoms with Crippen LogP contribution in [0.4, 0.5) is 13.2 Å². The Labute approximate surface area is 101 Å². The lowest BCUT2D eigenvalue weighted by Crippen LogP contribution is -2.04. The highest BCUT2D eigenvalue weighted by Gasteiger charge is 2.15. The molecule has 0 radical (unpaired) electrons. The first kappa shape index (κ1) is 12.0. The molecule has 1 aromatic carbocycles. The first-order valence-corrected chi connectivity index (χ1v) is 5.32. The van der Waals surface area contributed by atoms with Gasteiger partial charge >= 0.3 is 0 Å². The number of hydrogen-bond donors (Lipinski definition) is 0. The fourth-order valence-electron chi connectivity index (χ4n) is 1.49. The summed E-state index contributed by atoms with van der Waals surface area (Å²) in [5.74, 6) is -3.01. The molecule has 90 valence electrons. The Morgan fingerprint density at radius 3 is 2.41 bits per heavy atom. The molecule has 17 heavy (non-hydrogen) atoms. The Balaban J connectivity index is 2.60. The van der Waals surface area contributed by atoms with E-state index in [2.05, 4.69) is 5.10 Å². The standard InChI is InChI=1S/C11H8ClF3N2/c1-6-7(4-12)5-16-17(6)11-3-9(14)8(13)2-10(11)15/h2-3,5H,4H2,1H3. The summed E-state index contributed by atoms with van der Waals surface area (Å²) >= 11 is 5.65. The number of hydrogen-bond acceptors (Lipinski definition) is 1. The summed E-state index contributed by atoms with van der Waals surface area (Å²) in [7, 11) is 0. The van der Waals surface area contributed by atoms with Gasteiger partial charge in [0.2, 0.25) is 0 Å². The lowest BCUT2D eigenvalue weighted by atomic mass is 10.2. The monoisotopic (exact) mass is 260 g/mol. The average Bonchev–Trinajstić information content (AvgIpc) is 2.65. The molecule has 0 atom stereocenters. The Morgan fingerprint density at radius 1 is 1.18 bits per heavy atom. The summed E-state index contributed by atoms with van der Waals surface area (Å²) in [5.41, 5.74) is 1.15. The minimum atomic E-state index is -1.23. The maximum absolute atomic E-state index is 13.5. The second-order valence-electron chi connectivity index (χ2n) is 3.52. The van der Waals surface area contributed by atoms with Crippen LogP contribution >= 0.6 is 11.6 Å². The zero-order chi connectivity index (χ0) is 12.6. The molecule has 2 rings (SSSR count). The molecule has 6 heteroatoms. The molecular formula is C11H8ClF3N2. The highest BCUT2D eigenvalue weighted by Crippen LogP contribution is 2.20. The van der Waals surface area contributed by atoms with Crippen LogP contribution < -0.4 is 0 Å². The SMILES string of the molecule is Cc1c(CCl)cnn1-c1cc(F)c(F)cc1F. The molecule has 0 bridgehead atoms. The molecule has 2 nitrogen and oxygen atoms in total. The fraction of sp³-hybridized carbons (Fsp3) is 0.182. The summed E-state index contributed by atoms with van der Waals surface area (Å²) in [6, 6.07) is 1.26. The number of alkyl halides is 1. The van der Waals surface area contributed by atoms with E-state index in [0.29, 0.717) is 17.3 Å². The number of benzene rings is 1. The lowest BCUT2D eigenvalue weighted by Gasteiger charge is -2.07. The number of rotatable bonds is 2. The summed E-state index contributed by atoms with van der Waals surface area (Å²) < 4.78 is 40.5. The molecule has 0 aliphatic carbocycles. The van der Waals surface area contributed by atoms with Gasteiger partial charge in [0, 0.05) is 23.4 Å². The molecule has 0 unspecified atom stereocenters. The van der Waals surface area contributed by atoms with Crippen LogP contribution in [0, 0.1) is 24.4 Å². The van der Waals surface area contributed by atoms with E-state index in [1.54, 1.807) is 6.92 Å². The molecule has 1 heterocycles. The third-order valence-corrected chi connectivity index (χ3v) is 2.76. The van der Waals surface area contributed by atoms with Gasteiger partial charge in [0.25, 0.3) is 0 Å². The highest BCUT2D eigenvalue weighted by molar-refractivity contribution is 6.17. The minimum Gasteiger partial charge on any atom is -0.235 e. The van der Waals surface area contributed by atoms with Gasteiger partial charge in [0.1, 0.15) is 5.69 Å². The van der Waals surface area contributed by atoms with Crippen molar-refractivity contribution in [3.8, 4) is 5.69 Å². The van der Waals surface area contributed by atoms with Gasteiger partial charge in [-0.3, -0.25) is 0 Å². The summed E-state index contributed by atoms with van der Waals surface area (Å²) in [6.45, 7) is 1.67. The van der Waals surface area contributed by atoms with E-state index in [1.807, 2.05) is 0 Å². The van der Waals surface area contributed by atoms with Gasteiger partial charge in [0.15, 0.2) is 17.5 Å². The van der Waals surface area contributed by atoms with Crippen molar-refractivity contribution in [2.45, 2.75) is 12.8 Å². The van der Waals surface area contributed by atoms with Crippen LogP contribution in [0.2, 0.25) is 0 Å². The fourth-order valence-corrected chi connectivity index (χ4v) is 1.75. The first-order valence-electron chi connectivity index (χ1n) is 4.79. The summed E-state index contributed by atoms with van der Waals surface area (Å²) in [4.78, 5) is 0. The Morgan fingerprint density at radius 2 is 1.82 bits per heavy atom. The van der Waals surface area contributed by atoms with E-state index in [0.717, 1.165) is 6.07 Å². The van der Waals surface area contributed by atoms with Crippen LogP contribution in [0.1, 0.15) is 11.3 Å². The topological polar surface area (TPSA) is 17.8 Å². The van der Waals surface area contributed by atoms with Crippen molar-refractivity contribution in [3.63, 3.8) is 0 Å². The Hall–Kier alpha value is -1.49. The molecular weight excluding hydrogens is 253 g/mol. The van der Waals surface area contributed by atoms with E-state index >= 15 is 0 Å². The van der Waals surface area contributed by atoms with E-state index in [4.69, 9.17) is 11.6 Å². The van der Waals surface area contributed by atoms with E-state index < -0.39 is 17.5 Å². The van der Waals surface area contributed by atoms with E-state index in [-0.39, 0.29) is 11.6 Å². The lowest BCUT2D eigenvalue weighted by molar-refractivity contribution is 0.491. The first-order chi connectivity index (χ1) is 8.04. The predicted molar refractivity (Wildman–Crippen MR) is 57.7 cm³/mol. The molecule has 0 aliphatic rings. The van der Waals surface area contributed by atoms with Crippen molar-refractivity contribution in [2.24, 2.45) is 0 Å². The van der Waals surface area contributed by atoms with Gasteiger partial charge < -0.3 is 0 Å². The molecule has 2 aromatic rings. The van der Waals surface area contributed by atoms with Crippen molar-refractivity contribution >= 4 is 11.6 Å². The van der Waals surface area contributed by atoms with Crippen LogP contribution in [-0.4, -0.2) is 9.78 Å². The molecule has 0 saturated heterocycles. The Kier molecular flexibility index (Phi) is 3.11. The molecule has 0 spiro atoms. The zero-order valence-corrected chi connectivity index (χ0v) is 9.60. The third kappa shape index (κ3) is 2.02. The van der Waals surface area contributed by atoms with Gasteiger partial charge in [-0.2, -0.15) is 5.10 Å². The van der Waals surface area contributed by atoms with Gasteiger partial charge in [-0.25, -0.2) is 17.9 Å². The summed E-state index contributed by atoms with van der Waals surface area (Å²) in [5, 5.41) is 3.89. The van der Waals surface area contributed by atoms with Crippen LogP contribution in [0.3, 0.4) is 0 Å². The molecule has 0 saturated carbocycles. The van der Waals surface area contributed by atoms with Crippen molar-refractivity contribution in [1.82, 2.24) is 9.78 Å². The average molecular weight is 261 g/mol. The van der Waals surface area contributed by atoms with Crippen molar-refractivity contribution in [2.75, 3.05) is 0 Å². The normalized spacial score (nSPS) is 10.9. The van der Waals surface area contributed by atoms with E-state index in [1.165, 1.54) is 10.9 Å². The quantitative estimate of drug-likeness (QED) is 0.598. The van der Waals surface area contributed by atoms with Crippen LogP contribution in [0.5, 0.6) is 0 Å². The maximum atomic E-state index is 13.5. The number of halogens is 4. The van der Waals surface area contributed by atoms with Gasteiger partial charge in [-0.1, -0.05) is 0 Å². The number of nitrogens with zero attached hydrogens (tertiary/aromatic N) is 2.